The molecule has 1 aromatic carbocycles. The highest BCUT2D eigenvalue weighted by Crippen LogP contribution is 2.20. The van der Waals surface area contributed by atoms with Crippen molar-refractivity contribution in [3.63, 3.8) is 0 Å². The lowest BCUT2D eigenvalue weighted by Crippen LogP contribution is -2.47. The second-order valence-electron chi connectivity index (χ2n) is 6.02. The van der Waals surface area contributed by atoms with Gasteiger partial charge in [0, 0.05) is 31.1 Å². The zero-order valence-corrected chi connectivity index (χ0v) is 14.8. The van der Waals surface area contributed by atoms with Crippen LogP contribution < -0.4 is 4.72 Å². The smallest absolute Gasteiger partial charge is 0.272 e. The van der Waals surface area contributed by atoms with Crippen LogP contribution >= 0.6 is 11.9 Å². The van der Waals surface area contributed by atoms with Gasteiger partial charge in [-0.2, -0.15) is 0 Å². The molecule has 0 atom stereocenters. The third-order valence-electron chi connectivity index (χ3n) is 4.05. The Kier molecular flexibility index (Phi) is 5.37. The van der Waals surface area contributed by atoms with Crippen molar-refractivity contribution in [2.75, 3.05) is 37.9 Å². The van der Waals surface area contributed by atoms with Gasteiger partial charge >= 0.3 is 0 Å². The highest BCUT2D eigenvalue weighted by molar-refractivity contribution is 8.00. The molecule has 0 bridgehead atoms. The van der Waals surface area contributed by atoms with Crippen molar-refractivity contribution in [3.05, 3.63) is 53.7 Å². The Hall–Kier alpha value is -2.05. The van der Waals surface area contributed by atoms with Gasteiger partial charge in [0.25, 0.3) is 5.91 Å². The number of hydrogen-bond donors (Lipinski definition) is 1. The van der Waals surface area contributed by atoms with Gasteiger partial charge in [0.1, 0.15) is 11.5 Å². The van der Waals surface area contributed by atoms with Gasteiger partial charge in [-0.15, -0.1) is 0 Å². The molecule has 3 rings (SSSR count). The number of aromatic nitrogens is 1. The Balaban J connectivity index is 1.63. The number of hydrogen-bond acceptors (Lipinski definition) is 5. The normalized spacial score (nSPS) is 15.3. The number of pyridine rings is 1. The third kappa shape index (κ3) is 4.27. The molecule has 0 saturated carbocycles. The highest BCUT2D eigenvalue weighted by atomic mass is 32.2. The Bertz CT molecular complexity index is 696. The molecule has 1 aliphatic rings. The van der Waals surface area contributed by atoms with Crippen LogP contribution in [0.2, 0.25) is 0 Å². The van der Waals surface area contributed by atoms with E-state index < -0.39 is 0 Å². The maximum Gasteiger partial charge on any atom is 0.272 e. The highest BCUT2D eigenvalue weighted by Gasteiger charge is 2.21. The quantitative estimate of drug-likeness (QED) is 0.866. The van der Waals surface area contributed by atoms with Gasteiger partial charge in [0.15, 0.2) is 0 Å². The number of carbonyl (C=O) groups is 1. The lowest BCUT2D eigenvalue weighted by atomic mass is 10.2. The first kappa shape index (κ1) is 16.8. The molecule has 1 N–H and O–H groups in total. The van der Waals surface area contributed by atoms with Crippen molar-refractivity contribution < 1.29 is 4.79 Å². The molecule has 0 radical (unpaired) electrons. The van der Waals surface area contributed by atoms with E-state index in [1.54, 1.807) is 6.07 Å². The predicted molar refractivity (Wildman–Crippen MR) is 98.3 cm³/mol. The molecule has 0 unspecified atom stereocenters. The van der Waals surface area contributed by atoms with Crippen LogP contribution in [-0.4, -0.2) is 53.9 Å². The molecule has 1 aliphatic heterocycles. The van der Waals surface area contributed by atoms with E-state index in [0.29, 0.717) is 11.5 Å². The molecule has 1 fully saturated rings. The summed E-state index contributed by atoms with van der Waals surface area (Å²) in [6.07, 6.45) is 0. The second kappa shape index (κ2) is 7.68. The maximum atomic E-state index is 12.6. The SMILES string of the molecule is Cc1ccc(SNc2cccc(C(=O)N3CCN(C)CC3)n2)cc1. The average Bonchev–Trinajstić information content (AvgIpc) is 2.61. The largest absolute Gasteiger partial charge is 0.335 e. The van der Waals surface area contributed by atoms with Crippen molar-refractivity contribution in [3.8, 4) is 0 Å². The second-order valence-corrected chi connectivity index (χ2v) is 6.90. The van der Waals surface area contributed by atoms with Gasteiger partial charge in [-0.25, -0.2) is 4.98 Å². The number of amides is 1. The molecule has 0 aliphatic carbocycles. The lowest BCUT2D eigenvalue weighted by Gasteiger charge is -2.32. The number of benzene rings is 1. The fourth-order valence-electron chi connectivity index (χ4n) is 2.50. The lowest BCUT2D eigenvalue weighted by molar-refractivity contribution is 0.0658. The monoisotopic (exact) mass is 342 g/mol. The van der Waals surface area contributed by atoms with Crippen LogP contribution in [0.15, 0.2) is 47.4 Å². The van der Waals surface area contributed by atoms with E-state index in [0.717, 1.165) is 31.1 Å². The molecule has 126 valence electrons. The van der Waals surface area contributed by atoms with Crippen molar-refractivity contribution in [1.29, 1.82) is 0 Å². The molecule has 1 amide bonds. The molecule has 2 heterocycles. The summed E-state index contributed by atoms with van der Waals surface area (Å²) in [6.45, 7) is 5.40. The number of aryl methyl sites for hydroxylation is 1. The van der Waals surface area contributed by atoms with Crippen LogP contribution in [-0.2, 0) is 0 Å². The number of nitrogens with zero attached hydrogens (tertiary/aromatic N) is 3. The number of rotatable bonds is 4. The molecular weight excluding hydrogens is 320 g/mol. The number of nitrogens with one attached hydrogen (secondary N) is 1. The fourth-order valence-corrected chi connectivity index (χ4v) is 3.11. The minimum Gasteiger partial charge on any atom is -0.335 e. The minimum absolute atomic E-state index is 0.00656. The van der Waals surface area contributed by atoms with E-state index >= 15 is 0 Å². The summed E-state index contributed by atoms with van der Waals surface area (Å²) in [4.78, 5) is 22.3. The van der Waals surface area contributed by atoms with E-state index in [1.165, 1.54) is 17.5 Å². The van der Waals surface area contributed by atoms with Gasteiger partial charge in [-0.3, -0.25) is 4.79 Å². The summed E-state index contributed by atoms with van der Waals surface area (Å²) >= 11 is 1.49. The zero-order chi connectivity index (χ0) is 16.9. The molecule has 1 aromatic heterocycles. The predicted octanol–water partition coefficient (Wildman–Crippen LogP) is 2.90. The molecule has 5 nitrogen and oxygen atoms in total. The number of anilines is 1. The van der Waals surface area contributed by atoms with Crippen LogP contribution in [0.25, 0.3) is 0 Å². The van der Waals surface area contributed by atoms with E-state index in [2.05, 4.69) is 52.8 Å². The average molecular weight is 342 g/mol. The van der Waals surface area contributed by atoms with E-state index in [9.17, 15) is 4.79 Å². The van der Waals surface area contributed by atoms with Crippen LogP contribution in [0, 0.1) is 6.92 Å². The van der Waals surface area contributed by atoms with Crippen molar-refractivity contribution in [2.24, 2.45) is 0 Å². The van der Waals surface area contributed by atoms with Crippen molar-refractivity contribution >= 4 is 23.7 Å². The van der Waals surface area contributed by atoms with Crippen LogP contribution in [0.5, 0.6) is 0 Å². The molecule has 6 heteroatoms. The van der Waals surface area contributed by atoms with Gasteiger partial charge in [-0.05, 0) is 50.2 Å². The summed E-state index contributed by atoms with van der Waals surface area (Å²) in [5, 5.41) is 0. The van der Waals surface area contributed by atoms with Crippen LogP contribution in [0.3, 0.4) is 0 Å². The standard InChI is InChI=1S/C18H22N4OS/c1-14-6-8-15(9-7-14)24-20-17-5-3-4-16(19-17)18(23)22-12-10-21(2)11-13-22/h3-9H,10-13H2,1-2H3,(H,19,20). The number of carbonyl (C=O) groups excluding carboxylic acids is 1. The van der Waals surface area contributed by atoms with E-state index in [-0.39, 0.29) is 5.91 Å². The molecule has 0 spiro atoms. The van der Waals surface area contributed by atoms with Crippen LogP contribution in [0.1, 0.15) is 16.1 Å². The Labute approximate surface area is 147 Å². The van der Waals surface area contributed by atoms with Crippen molar-refractivity contribution in [1.82, 2.24) is 14.8 Å². The van der Waals surface area contributed by atoms with E-state index in [4.69, 9.17) is 0 Å². The summed E-state index contributed by atoms with van der Waals surface area (Å²) in [7, 11) is 2.08. The van der Waals surface area contributed by atoms with Gasteiger partial charge in [-0.1, -0.05) is 23.8 Å². The topological polar surface area (TPSA) is 48.5 Å². The maximum absolute atomic E-state index is 12.6. The van der Waals surface area contributed by atoms with Crippen LogP contribution in [0.4, 0.5) is 5.82 Å². The van der Waals surface area contributed by atoms with Gasteiger partial charge in [0.05, 0.1) is 0 Å². The number of likely N-dealkylation sites (N-methyl/N-ethyl adjacent to an activating group) is 1. The van der Waals surface area contributed by atoms with Crippen molar-refractivity contribution in [2.45, 2.75) is 11.8 Å². The first-order chi connectivity index (χ1) is 11.6. The Morgan fingerprint density at radius 2 is 1.79 bits per heavy atom. The zero-order valence-electron chi connectivity index (χ0n) is 14.0. The first-order valence-corrected chi connectivity index (χ1v) is 8.88. The van der Waals surface area contributed by atoms with Gasteiger partial charge in [0.2, 0.25) is 0 Å². The molecule has 24 heavy (non-hydrogen) atoms. The summed E-state index contributed by atoms with van der Waals surface area (Å²) in [5.41, 5.74) is 1.73. The van der Waals surface area contributed by atoms with Gasteiger partial charge < -0.3 is 14.5 Å². The molecule has 2 aromatic rings. The fraction of sp³-hybridized carbons (Fsp3) is 0.333. The Morgan fingerprint density at radius 1 is 1.08 bits per heavy atom. The third-order valence-corrected chi connectivity index (χ3v) is 4.87. The Morgan fingerprint density at radius 3 is 2.50 bits per heavy atom. The summed E-state index contributed by atoms with van der Waals surface area (Å²) in [6, 6.07) is 13.8. The number of piperazine rings is 1. The summed E-state index contributed by atoms with van der Waals surface area (Å²) in [5.74, 6) is 0.702. The first-order valence-electron chi connectivity index (χ1n) is 8.06. The molecular formula is C18H22N4OS. The molecule has 1 saturated heterocycles. The van der Waals surface area contributed by atoms with E-state index in [1.807, 2.05) is 17.0 Å². The minimum atomic E-state index is 0.00656. The summed E-state index contributed by atoms with van der Waals surface area (Å²) < 4.78 is 3.21.